The number of carbonyl (C=O) groups is 2. The Morgan fingerprint density at radius 2 is 1.84 bits per heavy atom. The zero-order valence-corrected chi connectivity index (χ0v) is 18.5. The summed E-state index contributed by atoms with van der Waals surface area (Å²) in [4.78, 5) is 36.9. The molecule has 0 radical (unpaired) electrons. The molecule has 3 aromatic rings. The molecule has 1 amide bonds. The molecule has 0 saturated carbocycles. The fourth-order valence-electron chi connectivity index (χ4n) is 3.44. The molecule has 0 saturated heterocycles. The van der Waals surface area contributed by atoms with Crippen molar-refractivity contribution in [2.45, 2.75) is 52.7 Å². The molecule has 0 fully saturated rings. The molecule has 0 aliphatic rings. The number of carbonyl (C=O) groups excluding carboxylic acids is 2. The Bertz CT molecular complexity index is 1150. The monoisotopic (exact) mass is 437 g/mol. The van der Waals surface area contributed by atoms with Gasteiger partial charge >= 0.3 is 17.7 Å². The number of alkyl carbamates (subject to hydrolysis) is 1. The first kappa shape index (κ1) is 23.1. The normalized spacial score (nSPS) is 11.7. The van der Waals surface area contributed by atoms with Gasteiger partial charge in [0.2, 0.25) is 0 Å². The molecule has 0 bridgehead atoms. The first-order valence-corrected chi connectivity index (χ1v) is 10.7. The third kappa shape index (κ3) is 5.55. The molecule has 7 heteroatoms. The molecule has 1 aromatic heterocycles. The average molecular weight is 437 g/mol. The zero-order chi connectivity index (χ0) is 23.1. The number of hydrogen-bond donors (Lipinski definition) is 1. The molecule has 0 aliphatic heterocycles. The van der Waals surface area contributed by atoms with E-state index in [0.29, 0.717) is 30.4 Å². The molecule has 3 rings (SSSR count). The van der Waals surface area contributed by atoms with Crippen molar-refractivity contribution in [3.63, 3.8) is 0 Å². The van der Waals surface area contributed by atoms with Gasteiger partial charge in [-0.15, -0.1) is 0 Å². The lowest BCUT2D eigenvalue weighted by Crippen LogP contribution is -2.43. The van der Waals surface area contributed by atoms with Gasteiger partial charge in [0.15, 0.2) is 0 Å². The summed E-state index contributed by atoms with van der Waals surface area (Å²) in [6, 6.07) is 13.3. The van der Waals surface area contributed by atoms with Crippen molar-refractivity contribution in [1.29, 1.82) is 0 Å². The highest BCUT2D eigenvalue weighted by Crippen LogP contribution is 2.29. The maximum absolute atomic E-state index is 12.8. The zero-order valence-electron chi connectivity index (χ0n) is 18.5. The van der Waals surface area contributed by atoms with Crippen molar-refractivity contribution < 1.29 is 23.5 Å². The van der Waals surface area contributed by atoms with E-state index in [1.807, 2.05) is 44.2 Å². The van der Waals surface area contributed by atoms with Crippen LogP contribution in [0.15, 0.2) is 57.7 Å². The Kier molecular flexibility index (Phi) is 7.65. The van der Waals surface area contributed by atoms with Crippen molar-refractivity contribution in [3.05, 3.63) is 75.6 Å². The third-order valence-corrected chi connectivity index (χ3v) is 5.16. The number of benzene rings is 2. The second kappa shape index (κ2) is 10.6. The lowest BCUT2D eigenvalue weighted by atomic mass is 10.0. The molecule has 2 aromatic carbocycles. The quantitative estimate of drug-likeness (QED) is 0.313. The summed E-state index contributed by atoms with van der Waals surface area (Å²) >= 11 is 0. The molecular formula is C25H27NO6. The minimum absolute atomic E-state index is 0.100. The van der Waals surface area contributed by atoms with Gasteiger partial charge in [0.25, 0.3) is 0 Å². The van der Waals surface area contributed by atoms with E-state index in [0.717, 1.165) is 16.5 Å². The Hall–Kier alpha value is -3.61. The second-order valence-electron chi connectivity index (χ2n) is 7.48. The summed E-state index contributed by atoms with van der Waals surface area (Å²) in [5.74, 6) is -0.334. The van der Waals surface area contributed by atoms with E-state index in [9.17, 15) is 14.4 Å². The van der Waals surface area contributed by atoms with Crippen LogP contribution < -0.4 is 15.7 Å². The lowest BCUT2D eigenvalue weighted by molar-refractivity contribution is -0.136. The number of esters is 1. The Balaban J connectivity index is 1.72. The predicted octanol–water partition coefficient (Wildman–Crippen LogP) is 4.66. The van der Waals surface area contributed by atoms with Crippen LogP contribution in [0.5, 0.6) is 5.75 Å². The second-order valence-corrected chi connectivity index (χ2v) is 7.48. The van der Waals surface area contributed by atoms with Crippen molar-refractivity contribution >= 4 is 23.0 Å². The molecule has 0 unspecified atom stereocenters. The SMILES string of the molecule is CCC[C@H](NC(=O)OCc1ccccc1)C(=O)Oc1ccc2c(CC)cc(=O)oc2c1C. The number of ether oxygens (including phenoxy) is 2. The van der Waals surface area contributed by atoms with Crippen molar-refractivity contribution in [2.24, 2.45) is 0 Å². The summed E-state index contributed by atoms with van der Waals surface area (Å²) in [6.45, 7) is 5.68. The van der Waals surface area contributed by atoms with E-state index in [-0.39, 0.29) is 12.4 Å². The molecule has 1 heterocycles. The third-order valence-electron chi connectivity index (χ3n) is 5.16. The molecule has 1 atom stereocenters. The van der Waals surface area contributed by atoms with Crippen LogP contribution in [0.4, 0.5) is 4.79 Å². The number of aryl methyl sites for hydroxylation is 2. The number of amides is 1. The van der Waals surface area contributed by atoms with E-state index < -0.39 is 23.7 Å². The molecular weight excluding hydrogens is 410 g/mol. The van der Waals surface area contributed by atoms with Gasteiger partial charge in [-0.3, -0.25) is 0 Å². The first-order valence-electron chi connectivity index (χ1n) is 10.7. The van der Waals surface area contributed by atoms with Gasteiger partial charge in [0, 0.05) is 17.0 Å². The average Bonchev–Trinajstić information content (AvgIpc) is 2.79. The van der Waals surface area contributed by atoms with Crippen LogP contribution in [0.1, 0.15) is 43.4 Å². The fraction of sp³-hybridized carbons (Fsp3) is 0.320. The van der Waals surface area contributed by atoms with Crippen LogP contribution in [-0.4, -0.2) is 18.1 Å². The standard InChI is InChI=1S/C25H27NO6/c1-4-9-20(26-25(29)30-15-17-10-7-6-8-11-17)24(28)31-21-13-12-19-18(5-2)14-22(27)32-23(19)16(21)3/h6-8,10-14,20H,4-5,9,15H2,1-3H3,(H,26,29)/t20-/m0/s1. The molecule has 7 nitrogen and oxygen atoms in total. The van der Waals surface area contributed by atoms with Gasteiger partial charge in [-0.1, -0.05) is 50.6 Å². The highest BCUT2D eigenvalue weighted by atomic mass is 16.6. The van der Waals surface area contributed by atoms with Gasteiger partial charge in [-0.2, -0.15) is 0 Å². The van der Waals surface area contributed by atoms with Crippen molar-refractivity contribution in [3.8, 4) is 5.75 Å². The van der Waals surface area contributed by atoms with Crippen LogP contribution in [0.25, 0.3) is 11.0 Å². The lowest BCUT2D eigenvalue weighted by Gasteiger charge is -2.18. The summed E-state index contributed by atoms with van der Waals surface area (Å²) in [6.07, 6.45) is 1.03. The van der Waals surface area contributed by atoms with E-state index >= 15 is 0 Å². The number of nitrogens with one attached hydrogen (secondary N) is 1. The minimum Gasteiger partial charge on any atom is -0.445 e. The fourth-order valence-corrected chi connectivity index (χ4v) is 3.44. The molecule has 168 valence electrons. The Labute approximate surface area is 186 Å². The predicted molar refractivity (Wildman–Crippen MR) is 121 cm³/mol. The summed E-state index contributed by atoms with van der Waals surface area (Å²) in [7, 11) is 0. The maximum atomic E-state index is 12.8. The van der Waals surface area contributed by atoms with Crippen LogP contribution in [0.3, 0.4) is 0 Å². The van der Waals surface area contributed by atoms with E-state index in [4.69, 9.17) is 13.9 Å². The molecule has 0 spiro atoms. The van der Waals surface area contributed by atoms with E-state index in [2.05, 4.69) is 5.32 Å². The summed E-state index contributed by atoms with van der Waals surface area (Å²) < 4.78 is 16.2. The molecule has 0 aliphatic carbocycles. The Morgan fingerprint density at radius 3 is 2.53 bits per heavy atom. The molecule has 1 N–H and O–H groups in total. The van der Waals surface area contributed by atoms with Crippen LogP contribution in [0.2, 0.25) is 0 Å². The van der Waals surface area contributed by atoms with Crippen LogP contribution >= 0.6 is 0 Å². The first-order chi connectivity index (χ1) is 15.4. The number of rotatable bonds is 8. The van der Waals surface area contributed by atoms with Crippen molar-refractivity contribution in [1.82, 2.24) is 5.32 Å². The number of hydrogen-bond acceptors (Lipinski definition) is 6. The smallest absolute Gasteiger partial charge is 0.408 e. The summed E-state index contributed by atoms with van der Waals surface area (Å²) in [5.41, 5.74) is 2.20. The number of fused-ring (bicyclic) bond motifs is 1. The highest BCUT2D eigenvalue weighted by Gasteiger charge is 2.24. The minimum atomic E-state index is -0.868. The van der Waals surface area contributed by atoms with Gasteiger partial charge in [0.05, 0.1) is 0 Å². The van der Waals surface area contributed by atoms with Crippen LogP contribution in [-0.2, 0) is 22.6 Å². The van der Waals surface area contributed by atoms with E-state index in [1.54, 1.807) is 19.1 Å². The van der Waals surface area contributed by atoms with Gasteiger partial charge < -0.3 is 19.2 Å². The largest absolute Gasteiger partial charge is 0.445 e. The maximum Gasteiger partial charge on any atom is 0.408 e. The Morgan fingerprint density at radius 1 is 1.09 bits per heavy atom. The van der Waals surface area contributed by atoms with Gasteiger partial charge in [0.1, 0.15) is 24.0 Å². The van der Waals surface area contributed by atoms with Gasteiger partial charge in [-0.05, 0) is 43.0 Å². The van der Waals surface area contributed by atoms with E-state index in [1.165, 1.54) is 6.07 Å². The van der Waals surface area contributed by atoms with Crippen molar-refractivity contribution in [2.75, 3.05) is 0 Å². The molecule has 32 heavy (non-hydrogen) atoms. The van der Waals surface area contributed by atoms with Gasteiger partial charge in [-0.25, -0.2) is 14.4 Å². The topological polar surface area (TPSA) is 94.8 Å². The van der Waals surface area contributed by atoms with Crippen LogP contribution in [0, 0.1) is 6.92 Å². The summed E-state index contributed by atoms with van der Waals surface area (Å²) in [5, 5.41) is 3.39. The highest BCUT2D eigenvalue weighted by molar-refractivity contribution is 5.87.